The molecule has 2 atom stereocenters. The smallest absolute Gasteiger partial charge is 0.333 e. The number of amides is 1. The minimum atomic E-state index is -1.05. The molecule has 0 spiro atoms. The number of hydrogen-bond donors (Lipinski definition) is 1. The monoisotopic (exact) mass is 396 g/mol. The van der Waals surface area contributed by atoms with E-state index in [-0.39, 0.29) is 24.8 Å². The van der Waals surface area contributed by atoms with Gasteiger partial charge in [0.2, 0.25) is 5.91 Å². The minimum absolute atomic E-state index is 0.0738. The number of nitrogens with zero attached hydrogens (tertiary/aromatic N) is 1. The lowest BCUT2D eigenvalue weighted by Crippen LogP contribution is -2.37. The fraction of sp³-hybridized carbons (Fsp3) is 0.700. The standard InChI is InChI=1S/C20H32N2O6/c1-6-20(5,28-14-21)17(23)10-8-7-9-12-26-16(4)18(24)22-11-13-27-19(25)15(2)3/h16H,2,6-13H2,1,3-5H3,(H,22,24). The van der Waals surface area contributed by atoms with Crippen LogP contribution in [0.25, 0.3) is 0 Å². The zero-order valence-corrected chi connectivity index (χ0v) is 17.3. The number of rotatable bonds is 15. The highest BCUT2D eigenvalue weighted by atomic mass is 16.5. The van der Waals surface area contributed by atoms with Crippen LogP contribution in [0.2, 0.25) is 0 Å². The van der Waals surface area contributed by atoms with Crippen molar-refractivity contribution in [2.24, 2.45) is 0 Å². The number of ether oxygens (including phenoxy) is 3. The summed E-state index contributed by atoms with van der Waals surface area (Å²) in [6.07, 6.45) is 3.91. The highest BCUT2D eigenvalue weighted by Gasteiger charge is 2.32. The van der Waals surface area contributed by atoms with E-state index in [0.717, 1.165) is 6.42 Å². The molecule has 0 aliphatic rings. The van der Waals surface area contributed by atoms with Crippen LogP contribution < -0.4 is 5.32 Å². The molecule has 0 aromatic carbocycles. The maximum atomic E-state index is 12.1. The van der Waals surface area contributed by atoms with Gasteiger partial charge in [-0.05, 0) is 40.0 Å². The van der Waals surface area contributed by atoms with E-state index in [1.807, 2.05) is 0 Å². The number of nitriles is 1. The predicted molar refractivity (Wildman–Crippen MR) is 103 cm³/mol. The summed E-state index contributed by atoms with van der Waals surface area (Å²) >= 11 is 0. The summed E-state index contributed by atoms with van der Waals surface area (Å²) < 4.78 is 15.2. The minimum Gasteiger partial charge on any atom is -0.460 e. The van der Waals surface area contributed by atoms with Gasteiger partial charge >= 0.3 is 5.97 Å². The lowest BCUT2D eigenvalue weighted by Gasteiger charge is -2.23. The summed E-state index contributed by atoms with van der Waals surface area (Å²) in [6.45, 7) is 10.8. The van der Waals surface area contributed by atoms with Gasteiger partial charge in [-0.25, -0.2) is 4.79 Å². The molecule has 0 bridgehead atoms. The Hall–Kier alpha value is -2.40. The van der Waals surface area contributed by atoms with E-state index in [1.54, 1.807) is 34.0 Å². The Morgan fingerprint density at radius 2 is 1.89 bits per heavy atom. The number of esters is 1. The molecule has 0 saturated carbocycles. The number of ketones is 1. The van der Waals surface area contributed by atoms with Crippen molar-refractivity contribution in [2.45, 2.75) is 71.5 Å². The number of hydrogen-bond acceptors (Lipinski definition) is 7. The summed E-state index contributed by atoms with van der Waals surface area (Å²) in [4.78, 5) is 35.2. The van der Waals surface area contributed by atoms with Crippen molar-refractivity contribution in [1.29, 1.82) is 5.26 Å². The number of unbranched alkanes of at least 4 members (excludes halogenated alkanes) is 2. The fourth-order valence-corrected chi connectivity index (χ4v) is 2.18. The van der Waals surface area contributed by atoms with Gasteiger partial charge in [-0.15, -0.1) is 0 Å². The summed E-state index contributed by atoms with van der Waals surface area (Å²) in [5.74, 6) is -0.859. The molecule has 0 rings (SSSR count). The van der Waals surface area contributed by atoms with Crippen LogP contribution in [0.3, 0.4) is 0 Å². The van der Waals surface area contributed by atoms with E-state index in [2.05, 4.69) is 11.9 Å². The van der Waals surface area contributed by atoms with Crippen molar-refractivity contribution in [3.8, 4) is 6.26 Å². The van der Waals surface area contributed by atoms with Gasteiger partial charge in [-0.1, -0.05) is 19.9 Å². The van der Waals surface area contributed by atoms with Gasteiger partial charge in [0.1, 0.15) is 12.7 Å². The highest BCUT2D eigenvalue weighted by Crippen LogP contribution is 2.19. The molecule has 0 heterocycles. The van der Waals surface area contributed by atoms with Gasteiger partial charge in [0.05, 0.1) is 6.54 Å². The molecule has 0 aromatic heterocycles. The van der Waals surface area contributed by atoms with Crippen LogP contribution >= 0.6 is 0 Å². The second kappa shape index (κ2) is 13.7. The lowest BCUT2D eigenvalue weighted by atomic mass is 9.93. The zero-order chi connectivity index (χ0) is 21.6. The fourth-order valence-electron chi connectivity index (χ4n) is 2.18. The average Bonchev–Trinajstić information content (AvgIpc) is 2.66. The van der Waals surface area contributed by atoms with Crippen molar-refractivity contribution >= 4 is 17.7 Å². The van der Waals surface area contributed by atoms with Crippen LogP contribution in [0, 0.1) is 11.5 Å². The summed E-state index contributed by atoms with van der Waals surface area (Å²) in [6, 6.07) is 0. The maximum absolute atomic E-state index is 12.1. The Labute approximate surface area is 167 Å². The van der Waals surface area contributed by atoms with Gasteiger partial charge in [-0.2, -0.15) is 5.26 Å². The molecule has 0 saturated heterocycles. The first-order valence-electron chi connectivity index (χ1n) is 9.50. The van der Waals surface area contributed by atoms with E-state index in [1.165, 1.54) is 0 Å². The van der Waals surface area contributed by atoms with Gasteiger partial charge in [0.25, 0.3) is 6.26 Å². The molecule has 0 fully saturated rings. The summed E-state index contributed by atoms with van der Waals surface area (Å²) in [5.41, 5.74) is -0.738. The topological polar surface area (TPSA) is 115 Å². The first-order valence-corrected chi connectivity index (χ1v) is 9.50. The molecule has 1 amide bonds. The third kappa shape index (κ3) is 10.1. The third-order valence-electron chi connectivity index (χ3n) is 4.30. The highest BCUT2D eigenvalue weighted by molar-refractivity contribution is 5.87. The van der Waals surface area contributed by atoms with Crippen LogP contribution in [0.15, 0.2) is 12.2 Å². The van der Waals surface area contributed by atoms with E-state index in [4.69, 9.17) is 19.5 Å². The van der Waals surface area contributed by atoms with Crippen LogP contribution in [0.1, 0.15) is 59.8 Å². The Morgan fingerprint density at radius 1 is 1.21 bits per heavy atom. The zero-order valence-electron chi connectivity index (χ0n) is 17.3. The molecule has 158 valence electrons. The normalized spacial score (nSPS) is 13.5. The summed E-state index contributed by atoms with van der Waals surface area (Å²) in [5, 5.41) is 11.3. The quantitative estimate of drug-likeness (QED) is 0.196. The largest absolute Gasteiger partial charge is 0.460 e. The number of nitrogens with one attached hydrogen (secondary N) is 1. The average molecular weight is 396 g/mol. The molecule has 1 N–H and O–H groups in total. The van der Waals surface area contributed by atoms with Crippen LogP contribution in [0.5, 0.6) is 0 Å². The first-order chi connectivity index (χ1) is 13.2. The van der Waals surface area contributed by atoms with E-state index in [0.29, 0.717) is 37.9 Å². The molecule has 8 heteroatoms. The van der Waals surface area contributed by atoms with E-state index in [9.17, 15) is 14.4 Å². The second-order valence-corrected chi connectivity index (χ2v) is 6.73. The molecule has 0 aliphatic heterocycles. The van der Waals surface area contributed by atoms with Gasteiger partial charge in [-0.3, -0.25) is 9.59 Å². The Kier molecular flexibility index (Phi) is 12.5. The molecular formula is C20H32N2O6. The molecule has 0 aliphatic carbocycles. The summed E-state index contributed by atoms with van der Waals surface area (Å²) in [7, 11) is 0. The Morgan fingerprint density at radius 3 is 2.46 bits per heavy atom. The van der Waals surface area contributed by atoms with Gasteiger partial charge < -0.3 is 19.5 Å². The van der Waals surface area contributed by atoms with Crippen molar-refractivity contribution in [1.82, 2.24) is 5.32 Å². The SMILES string of the molecule is C=C(C)C(=O)OCCNC(=O)C(C)OCCCCCC(=O)C(C)(CC)OC#N. The Balaban J connectivity index is 3.86. The molecule has 0 radical (unpaired) electrons. The lowest BCUT2D eigenvalue weighted by molar-refractivity contribution is -0.140. The Bertz CT molecular complexity index is 584. The van der Waals surface area contributed by atoms with Crippen molar-refractivity contribution in [3.05, 3.63) is 12.2 Å². The van der Waals surface area contributed by atoms with Crippen LogP contribution in [0.4, 0.5) is 0 Å². The maximum Gasteiger partial charge on any atom is 0.333 e. The predicted octanol–water partition coefficient (Wildman–Crippen LogP) is 2.42. The van der Waals surface area contributed by atoms with Crippen molar-refractivity contribution < 1.29 is 28.6 Å². The first kappa shape index (κ1) is 25.6. The third-order valence-corrected chi connectivity index (χ3v) is 4.30. The van der Waals surface area contributed by atoms with Gasteiger partial charge in [0, 0.05) is 18.6 Å². The van der Waals surface area contributed by atoms with Gasteiger partial charge in [0.15, 0.2) is 11.4 Å². The number of carbonyl (C=O) groups excluding carboxylic acids is 3. The van der Waals surface area contributed by atoms with E-state index >= 15 is 0 Å². The van der Waals surface area contributed by atoms with Crippen molar-refractivity contribution in [2.75, 3.05) is 19.8 Å². The van der Waals surface area contributed by atoms with Crippen LogP contribution in [-0.2, 0) is 28.6 Å². The second-order valence-electron chi connectivity index (χ2n) is 6.73. The number of carbonyl (C=O) groups is 3. The molecule has 2 unspecified atom stereocenters. The molecular weight excluding hydrogens is 364 g/mol. The van der Waals surface area contributed by atoms with E-state index < -0.39 is 17.7 Å². The number of Topliss-reactive ketones (excluding diaryl/α,β-unsaturated/α-hetero) is 1. The van der Waals surface area contributed by atoms with Crippen molar-refractivity contribution in [3.63, 3.8) is 0 Å². The molecule has 0 aromatic rings. The van der Waals surface area contributed by atoms with Crippen LogP contribution in [-0.4, -0.2) is 49.1 Å². The molecule has 8 nitrogen and oxygen atoms in total. The molecule has 28 heavy (non-hydrogen) atoms.